The quantitative estimate of drug-likeness (QED) is 0.739. The minimum absolute atomic E-state index is 0.698. The van der Waals surface area contributed by atoms with Crippen LogP contribution in [0.1, 0.15) is 51.5 Å². The molecule has 0 spiro atoms. The van der Waals surface area contributed by atoms with Crippen molar-refractivity contribution in [3.63, 3.8) is 0 Å². The van der Waals surface area contributed by atoms with Gasteiger partial charge in [-0.2, -0.15) is 0 Å². The third-order valence-corrected chi connectivity index (χ3v) is 4.59. The van der Waals surface area contributed by atoms with Crippen LogP contribution in [-0.2, 0) is 6.54 Å². The number of rotatable bonds is 7. The summed E-state index contributed by atoms with van der Waals surface area (Å²) in [7, 11) is 0. The van der Waals surface area contributed by atoms with Crippen LogP contribution in [0.2, 0.25) is 5.02 Å². The molecule has 2 rings (SSSR count). The van der Waals surface area contributed by atoms with Gasteiger partial charge in [-0.3, -0.25) is 0 Å². The van der Waals surface area contributed by atoms with Crippen LogP contribution in [0.25, 0.3) is 0 Å². The molecule has 1 fully saturated rings. The maximum absolute atomic E-state index is 6.45. The summed E-state index contributed by atoms with van der Waals surface area (Å²) >= 11 is 6.45. The number of benzene rings is 1. The fourth-order valence-corrected chi connectivity index (χ4v) is 3.46. The van der Waals surface area contributed by atoms with Crippen LogP contribution >= 0.6 is 11.6 Å². The van der Waals surface area contributed by atoms with Crippen molar-refractivity contribution in [2.75, 3.05) is 18.0 Å². The van der Waals surface area contributed by atoms with E-state index >= 15 is 0 Å². The van der Waals surface area contributed by atoms with Gasteiger partial charge < -0.3 is 10.2 Å². The molecule has 112 valence electrons. The molecular weight excluding hydrogens is 268 g/mol. The van der Waals surface area contributed by atoms with E-state index in [0.29, 0.717) is 6.04 Å². The van der Waals surface area contributed by atoms with Gasteiger partial charge in [-0.05, 0) is 44.9 Å². The van der Waals surface area contributed by atoms with E-state index in [2.05, 4.69) is 36.2 Å². The van der Waals surface area contributed by atoms with Gasteiger partial charge in [0.1, 0.15) is 0 Å². The van der Waals surface area contributed by atoms with Crippen molar-refractivity contribution in [2.45, 2.75) is 58.5 Å². The normalized spacial score (nSPS) is 15.8. The predicted molar refractivity (Wildman–Crippen MR) is 88.7 cm³/mol. The van der Waals surface area contributed by atoms with Crippen molar-refractivity contribution in [1.29, 1.82) is 0 Å². The summed E-state index contributed by atoms with van der Waals surface area (Å²) in [5, 5.41) is 4.38. The fraction of sp³-hybridized carbons (Fsp3) is 0.647. The maximum Gasteiger partial charge on any atom is 0.0471 e. The van der Waals surface area contributed by atoms with Crippen LogP contribution in [0.5, 0.6) is 0 Å². The van der Waals surface area contributed by atoms with Crippen molar-refractivity contribution in [3.05, 3.63) is 28.8 Å². The topological polar surface area (TPSA) is 15.3 Å². The fourth-order valence-electron chi connectivity index (χ4n) is 3.22. The number of hydrogen-bond donors (Lipinski definition) is 1. The summed E-state index contributed by atoms with van der Waals surface area (Å²) in [5.74, 6) is 0. The largest absolute Gasteiger partial charge is 0.369 e. The van der Waals surface area contributed by atoms with E-state index in [-0.39, 0.29) is 0 Å². The Labute approximate surface area is 128 Å². The SMILES string of the molecule is CCCNCc1c(Cl)cccc1N(CC)C1CCCC1. The van der Waals surface area contributed by atoms with Crippen molar-refractivity contribution in [1.82, 2.24) is 5.32 Å². The Bertz CT molecular complexity index is 413. The molecule has 0 radical (unpaired) electrons. The molecule has 2 nitrogen and oxygen atoms in total. The van der Waals surface area contributed by atoms with Gasteiger partial charge in [0, 0.05) is 35.4 Å². The van der Waals surface area contributed by atoms with Gasteiger partial charge in [0.25, 0.3) is 0 Å². The van der Waals surface area contributed by atoms with Gasteiger partial charge in [-0.1, -0.05) is 37.4 Å². The van der Waals surface area contributed by atoms with Crippen LogP contribution in [0.4, 0.5) is 5.69 Å². The zero-order valence-corrected chi connectivity index (χ0v) is 13.5. The molecule has 20 heavy (non-hydrogen) atoms. The predicted octanol–water partition coefficient (Wildman–Crippen LogP) is 4.61. The molecule has 0 amide bonds. The number of nitrogens with zero attached hydrogens (tertiary/aromatic N) is 1. The van der Waals surface area contributed by atoms with E-state index in [9.17, 15) is 0 Å². The first kappa shape index (κ1) is 15.7. The second-order valence-corrected chi connectivity index (χ2v) is 6.05. The maximum atomic E-state index is 6.45. The monoisotopic (exact) mass is 294 g/mol. The lowest BCUT2D eigenvalue weighted by atomic mass is 10.1. The van der Waals surface area contributed by atoms with Gasteiger partial charge in [0.15, 0.2) is 0 Å². The van der Waals surface area contributed by atoms with Crippen molar-refractivity contribution >= 4 is 17.3 Å². The Morgan fingerprint density at radius 2 is 2.00 bits per heavy atom. The third-order valence-electron chi connectivity index (χ3n) is 4.24. The van der Waals surface area contributed by atoms with Crippen LogP contribution in [0.3, 0.4) is 0 Å². The molecule has 0 aromatic heterocycles. The van der Waals surface area contributed by atoms with E-state index in [1.807, 2.05) is 6.07 Å². The Morgan fingerprint density at radius 3 is 2.65 bits per heavy atom. The van der Waals surface area contributed by atoms with Gasteiger partial charge in [0.05, 0.1) is 0 Å². The molecule has 3 heteroatoms. The summed E-state index contributed by atoms with van der Waals surface area (Å²) in [6, 6.07) is 7.02. The molecule has 0 bridgehead atoms. The number of anilines is 1. The van der Waals surface area contributed by atoms with Crippen molar-refractivity contribution < 1.29 is 0 Å². The van der Waals surface area contributed by atoms with Gasteiger partial charge >= 0.3 is 0 Å². The van der Waals surface area contributed by atoms with E-state index in [1.165, 1.54) is 36.9 Å². The molecule has 0 heterocycles. The minimum atomic E-state index is 0.698. The average Bonchev–Trinajstić information content (AvgIpc) is 2.96. The smallest absolute Gasteiger partial charge is 0.0471 e. The number of nitrogens with one attached hydrogen (secondary N) is 1. The summed E-state index contributed by atoms with van der Waals surface area (Å²) in [6.07, 6.45) is 6.53. The number of halogens is 1. The zero-order valence-electron chi connectivity index (χ0n) is 12.8. The first-order valence-electron chi connectivity index (χ1n) is 8.02. The van der Waals surface area contributed by atoms with Crippen molar-refractivity contribution in [2.24, 2.45) is 0 Å². The lowest BCUT2D eigenvalue weighted by Gasteiger charge is -2.32. The first-order chi connectivity index (χ1) is 9.77. The molecule has 1 aliphatic carbocycles. The second-order valence-electron chi connectivity index (χ2n) is 5.64. The number of hydrogen-bond acceptors (Lipinski definition) is 2. The summed E-state index contributed by atoms with van der Waals surface area (Å²) < 4.78 is 0. The van der Waals surface area contributed by atoms with E-state index in [0.717, 1.165) is 31.1 Å². The molecular formula is C17H27ClN2. The molecule has 1 aromatic rings. The van der Waals surface area contributed by atoms with E-state index in [1.54, 1.807) is 0 Å². The second kappa shape index (κ2) is 7.90. The molecule has 1 N–H and O–H groups in total. The molecule has 0 aliphatic heterocycles. The molecule has 0 unspecified atom stereocenters. The Morgan fingerprint density at radius 1 is 1.25 bits per heavy atom. The summed E-state index contributed by atoms with van der Waals surface area (Å²) in [5.41, 5.74) is 2.59. The Hall–Kier alpha value is -0.730. The highest BCUT2D eigenvalue weighted by atomic mass is 35.5. The van der Waals surface area contributed by atoms with Crippen LogP contribution in [0.15, 0.2) is 18.2 Å². The molecule has 1 aliphatic rings. The minimum Gasteiger partial charge on any atom is -0.369 e. The van der Waals surface area contributed by atoms with Gasteiger partial charge in [-0.15, -0.1) is 0 Å². The van der Waals surface area contributed by atoms with Crippen molar-refractivity contribution in [3.8, 4) is 0 Å². The van der Waals surface area contributed by atoms with Crippen LogP contribution < -0.4 is 10.2 Å². The Balaban J connectivity index is 2.21. The van der Waals surface area contributed by atoms with E-state index in [4.69, 9.17) is 11.6 Å². The van der Waals surface area contributed by atoms with E-state index < -0.39 is 0 Å². The third kappa shape index (κ3) is 3.67. The first-order valence-corrected chi connectivity index (χ1v) is 8.40. The summed E-state index contributed by atoms with van der Waals surface area (Å²) in [6.45, 7) is 7.41. The lowest BCUT2D eigenvalue weighted by Crippen LogP contribution is -2.34. The molecule has 1 aromatic carbocycles. The molecule has 0 atom stereocenters. The van der Waals surface area contributed by atoms with Gasteiger partial charge in [0.2, 0.25) is 0 Å². The average molecular weight is 295 g/mol. The highest BCUT2D eigenvalue weighted by Gasteiger charge is 2.23. The van der Waals surface area contributed by atoms with Crippen LogP contribution in [-0.4, -0.2) is 19.1 Å². The lowest BCUT2D eigenvalue weighted by molar-refractivity contribution is 0.612. The highest BCUT2D eigenvalue weighted by molar-refractivity contribution is 6.31. The van der Waals surface area contributed by atoms with Gasteiger partial charge in [-0.25, -0.2) is 0 Å². The molecule has 0 saturated heterocycles. The molecule has 1 saturated carbocycles. The Kier molecular flexibility index (Phi) is 6.18. The summed E-state index contributed by atoms with van der Waals surface area (Å²) in [4.78, 5) is 2.56. The highest BCUT2D eigenvalue weighted by Crippen LogP contribution is 2.33. The van der Waals surface area contributed by atoms with Crippen LogP contribution in [0, 0.1) is 0 Å². The zero-order chi connectivity index (χ0) is 14.4. The standard InChI is InChI=1S/C17H27ClN2/c1-3-12-19-13-15-16(18)10-7-11-17(15)20(4-2)14-8-5-6-9-14/h7,10-11,14,19H,3-6,8-9,12-13H2,1-2H3.